The van der Waals surface area contributed by atoms with Crippen molar-refractivity contribution < 1.29 is 4.79 Å². The number of nitrogen functional groups attached to an aromatic ring is 1. The fourth-order valence-corrected chi connectivity index (χ4v) is 3.80. The number of hydrogen-bond acceptors (Lipinski definition) is 5. The maximum Gasteiger partial charge on any atom is 0.232 e. The van der Waals surface area contributed by atoms with E-state index in [1.807, 2.05) is 47.6 Å². The van der Waals surface area contributed by atoms with E-state index in [-0.39, 0.29) is 11.9 Å². The minimum absolute atomic E-state index is 0.103. The SMILES string of the molecule is CC(C)(C(=O)N1CCC(n2cnc3c(N)ncnc32)C1)c1ccc(Cl)cc1. The number of likely N-dealkylation sites (tertiary alicyclic amines) is 1. The van der Waals surface area contributed by atoms with Gasteiger partial charge in [-0.05, 0) is 38.0 Å². The Morgan fingerprint density at radius 2 is 1.96 bits per heavy atom. The molecule has 1 amide bonds. The Balaban J connectivity index is 1.56. The van der Waals surface area contributed by atoms with Crippen LogP contribution in [0.5, 0.6) is 0 Å². The highest BCUT2D eigenvalue weighted by molar-refractivity contribution is 6.30. The summed E-state index contributed by atoms with van der Waals surface area (Å²) in [6.07, 6.45) is 4.02. The van der Waals surface area contributed by atoms with Crippen molar-refractivity contribution in [2.45, 2.75) is 31.7 Å². The van der Waals surface area contributed by atoms with Gasteiger partial charge in [0.2, 0.25) is 5.91 Å². The fraction of sp³-hybridized carbons (Fsp3) is 0.368. The summed E-state index contributed by atoms with van der Waals surface area (Å²) in [6, 6.07) is 7.59. The number of rotatable bonds is 3. The summed E-state index contributed by atoms with van der Waals surface area (Å²) in [5, 5.41) is 0.663. The zero-order valence-electron chi connectivity index (χ0n) is 15.3. The lowest BCUT2D eigenvalue weighted by atomic mass is 9.83. The number of imidazole rings is 1. The predicted octanol–water partition coefficient (Wildman–Crippen LogP) is 2.81. The van der Waals surface area contributed by atoms with Crippen LogP contribution in [-0.4, -0.2) is 43.4 Å². The van der Waals surface area contributed by atoms with E-state index < -0.39 is 5.41 Å². The molecule has 140 valence electrons. The Hall–Kier alpha value is -2.67. The topological polar surface area (TPSA) is 89.9 Å². The average Bonchev–Trinajstić information content (AvgIpc) is 3.29. The Labute approximate surface area is 162 Å². The van der Waals surface area contributed by atoms with Crippen molar-refractivity contribution in [1.29, 1.82) is 0 Å². The number of hydrogen-bond donors (Lipinski definition) is 1. The number of amides is 1. The van der Waals surface area contributed by atoms with E-state index in [9.17, 15) is 4.79 Å². The normalized spacial score (nSPS) is 17.6. The zero-order valence-corrected chi connectivity index (χ0v) is 16.0. The first-order chi connectivity index (χ1) is 12.9. The van der Waals surface area contributed by atoms with Gasteiger partial charge in [-0.1, -0.05) is 23.7 Å². The van der Waals surface area contributed by atoms with Crippen molar-refractivity contribution in [3.05, 3.63) is 47.5 Å². The van der Waals surface area contributed by atoms with Gasteiger partial charge in [-0.2, -0.15) is 0 Å². The molecule has 7 nitrogen and oxygen atoms in total. The number of carbonyl (C=O) groups is 1. The van der Waals surface area contributed by atoms with Crippen LogP contribution in [0.2, 0.25) is 5.02 Å². The lowest BCUT2D eigenvalue weighted by Gasteiger charge is -2.30. The molecular weight excluding hydrogens is 364 g/mol. The minimum Gasteiger partial charge on any atom is -0.382 e. The molecule has 4 rings (SSSR count). The standard InChI is InChI=1S/C19H21ClN6O/c1-19(2,12-3-5-13(20)6-4-12)18(27)25-8-7-14(9-25)26-11-24-15-16(21)22-10-23-17(15)26/h3-6,10-11,14H,7-9H2,1-2H3,(H2,21,22,23). The molecule has 1 atom stereocenters. The maximum atomic E-state index is 13.2. The Morgan fingerprint density at radius 3 is 2.70 bits per heavy atom. The summed E-state index contributed by atoms with van der Waals surface area (Å²) in [5.74, 6) is 0.472. The molecule has 0 radical (unpaired) electrons. The molecule has 8 heteroatoms. The van der Waals surface area contributed by atoms with Crippen molar-refractivity contribution in [2.24, 2.45) is 0 Å². The van der Waals surface area contributed by atoms with Crippen molar-refractivity contribution in [2.75, 3.05) is 18.8 Å². The molecule has 1 aliphatic rings. The Kier molecular flexibility index (Phi) is 4.26. The number of benzene rings is 1. The summed E-state index contributed by atoms with van der Waals surface area (Å²) < 4.78 is 2.00. The van der Waals surface area contributed by atoms with E-state index in [1.54, 1.807) is 6.33 Å². The predicted molar refractivity (Wildman–Crippen MR) is 104 cm³/mol. The first-order valence-electron chi connectivity index (χ1n) is 8.86. The van der Waals surface area contributed by atoms with Gasteiger partial charge in [0, 0.05) is 18.1 Å². The highest BCUT2D eigenvalue weighted by atomic mass is 35.5. The third-order valence-electron chi connectivity index (χ3n) is 5.33. The Morgan fingerprint density at radius 1 is 1.22 bits per heavy atom. The lowest BCUT2D eigenvalue weighted by molar-refractivity contribution is -0.135. The second-order valence-electron chi connectivity index (χ2n) is 7.41. The summed E-state index contributed by atoms with van der Waals surface area (Å²) >= 11 is 5.98. The molecule has 1 fully saturated rings. The fourth-order valence-electron chi connectivity index (χ4n) is 3.68. The molecule has 0 aliphatic carbocycles. The number of aromatic nitrogens is 4. The molecule has 0 saturated carbocycles. The van der Waals surface area contributed by atoms with E-state index in [4.69, 9.17) is 17.3 Å². The number of carbonyl (C=O) groups excluding carboxylic acids is 1. The molecule has 2 N–H and O–H groups in total. The van der Waals surface area contributed by atoms with Crippen LogP contribution >= 0.6 is 11.6 Å². The van der Waals surface area contributed by atoms with E-state index in [1.165, 1.54) is 6.33 Å². The first kappa shape index (κ1) is 17.7. The van der Waals surface area contributed by atoms with Crippen LogP contribution in [0.1, 0.15) is 31.9 Å². The van der Waals surface area contributed by atoms with Crippen LogP contribution in [0.15, 0.2) is 36.9 Å². The molecule has 0 bridgehead atoms. The molecule has 1 saturated heterocycles. The van der Waals surface area contributed by atoms with Gasteiger partial charge in [0.15, 0.2) is 11.5 Å². The van der Waals surface area contributed by atoms with E-state index in [2.05, 4.69) is 15.0 Å². The monoisotopic (exact) mass is 384 g/mol. The number of nitrogens with two attached hydrogens (primary N) is 1. The molecule has 1 aromatic carbocycles. The minimum atomic E-state index is -0.622. The maximum absolute atomic E-state index is 13.2. The number of halogens is 1. The van der Waals surface area contributed by atoms with Crippen molar-refractivity contribution >= 4 is 34.5 Å². The summed E-state index contributed by atoms with van der Waals surface area (Å²) in [4.78, 5) is 27.7. The van der Waals surface area contributed by atoms with Gasteiger partial charge in [-0.25, -0.2) is 15.0 Å². The molecule has 27 heavy (non-hydrogen) atoms. The van der Waals surface area contributed by atoms with Gasteiger partial charge >= 0.3 is 0 Å². The van der Waals surface area contributed by atoms with Crippen LogP contribution in [-0.2, 0) is 10.2 Å². The van der Waals surface area contributed by atoms with Crippen molar-refractivity contribution in [1.82, 2.24) is 24.4 Å². The van der Waals surface area contributed by atoms with Gasteiger partial charge in [0.05, 0.1) is 17.8 Å². The molecule has 1 aliphatic heterocycles. The van der Waals surface area contributed by atoms with E-state index in [0.29, 0.717) is 35.1 Å². The quantitative estimate of drug-likeness (QED) is 0.749. The Bertz CT molecular complexity index is 997. The lowest BCUT2D eigenvalue weighted by Crippen LogP contribution is -2.42. The number of nitrogens with zero attached hydrogens (tertiary/aromatic N) is 5. The summed E-state index contributed by atoms with van der Waals surface area (Å²) in [7, 11) is 0. The first-order valence-corrected chi connectivity index (χ1v) is 9.24. The largest absolute Gasteiger partial charge is 0.382 e. The third-order valence-corrected chi connectivity index (χ3v) is 5.58. The number of anilines is 1. The van der Waals surface area contributed by atoms with Gasteiger partial charge in [-0.15, -0.1) is 0 Å². The van der Waals surface area contributed by atoms with Gasteiger partial charge < -0.3 is 15.2 Å². The van der Waals surface area contributed by atoms with Crippen LogP contribution < -0.4 is 5.73 Å². The van der Waals surface area contributed by atoms with Gasteiger partial charge in [-0.3, -0.25) is 4.79 Å². The van der Waals surface area contributed by atoms with Gasteiger partial charge in [0.25, 0.3) is 0 Å². The molecule has 3 aromatic rings. The van der Waals surface area contributed by atoms with Gasteiger partial charge in [0.1, 0.15) is 11.8 Å². The second kappa shape index (κ2) is 6.49. The van der Waals surface area contributed by atoms with E-state index >= 15 is 0 Å². The summed E-state index contributed by atoms with van der Waals surface area (Å²) in [6.45, 7) is 5.21. The average molecular weight is 385 g/mol. The highest BCUT2D eigenvalue weighted by Gasteiger charge is 2.37. The highest BCUT2D eigenvalue weighted by Crippen LogP contribution is 2.32. The molecule has 1 unspecified atom stereocenters. The van der Waals surface area contributed by atoms with E-state index in [0.717, 1.165) is 12.0 Å². The van der Waals surface area contributed by atoms with Crippen molar-refractivity contribution in [3.8, 4) is 0 Å². The molecule has 2 aromatic heterocycles. The third kappa shape index (κ3) is 3.02. The summed E-state index contributed by atoms with van der Waals surface area (Å²) in [5.41, 5.74) is 7.51. The van der Waals surface area contributed by atoms with Crippen LogP contribution in [0, 0.1) is 0 Å². The van der Waals surface area contributed by atoms with Crippen molar-refractivity contribution in [3.63, 3.8) is 0 Å². The smallest absolute Gasteiger partial charge is 0.232 e. The molecular formula is C19H21ClN6O. The molecule has 3 heterocycles. The molecule has 0 spiro atoms. The van der Waals surface area contributed by atoms with Crippen LogP contribution in [0.25, 0.3) is 11.2 Å². The number of fused-ring (bicyclic) bond motifs is 1. The zero-order chi connectivity index (χ0) is 19.2. The van der Waals surface area contributed by atoms with Crippen LogP contribution in [0.4, 0.5) is 5.82 Å². The second-order valence-corrected chi connectivity index (χ2v) is 7.84. The van der Waals surface area contributed by atoms with Crippen LogP contribution in [0.3, 0.4) is 0 Å².